The van der Waals surface area contributed by atoms with Crippen molar-refractivity contribution in [2.45, 2.75) is 26.8 Å². The lowest BCUT2D eigenvalue weighted by Gasteiger charge is -2.21. The molecule has 3 N–H and O–H groups in total. The number of carbonyl (C=O) groups excluding carboxylic acids is 1. The van der Waals surface area contributed by atoms with E-state index in [1.807, 2.05) is 14.0 Å². The van der Waals surface area contributed by atoms with Gasteiger partial charge in [-0.25, -0.2) is 0 Å². The molecule has 0 aliphatic heterocycles. The summed E-state index contributed by atoms with van der Waals surface area (Å²) in [5.41, 5.74) is 7.94. The third-order valence-corrected chi connectivity index (χ3v) is 3.25. The first kappa shape index (κ1) is 14.5. The van der Waals surface area contributed by atoms with Crippen LogP contribution in [0.15, 0.2) is 18.2 Å². The first-order valence-corrected chi connectivity index (χ1v) is 6.27. The zero-order valence-corrected chi connectivity index (χ0v) is 11.7. The van der Waals surface area contributed by atoms with E-state index in [1.54, 1.807) is 18.2 Å². The maximum absolute atomic E-state index is 12.0. The van der Waals surface area contributed by atoms with E-state index in [4.69, 9.17) is 5.73 Å². The van der Waals surface area contributed by atoms with Gasteiger partial charge < -0.3 is 16.0 Å². The Hall–Kier alpha value is -1.55. The van der Waals surface area contributed by atoms with Crippen LogP contribution in [0.5, 0.6) is 0 Å². The molecule has 0 atom stereocenters. The minimum absolute atomic E-state index is 0.0584. The molecule has 0 radical (unpaired) electrons. The van der Waals surface area contributed by atoms with E-state index in [0.717, 1.165) is 12.1 Å². The fraction of sp³-hybridized carbons (Fsp3) is 0.500. The van der Waals surface area contributed by atoms with Crippen molar-refractivity contribution in [3.05, 3.63) is 29.3 Å². The van der Waals surface area contributed by atoms with E-state index in [9.17, 15) is 4.79 Å². The van der Waals surface area contributed by atoms with Crippen LogP contribution in [-0.2, 0) is 0 Å². The van der Waals surface area contributed by atoms with Gasteiger partial charge in [0.25, 0.3) is 5.91 Å². The number of hydrogen-bond acceptors (Lipinski definition) is 3. The standard InChI is InChI=1S/C14H23N3O/c1-10(2)17(4)9-8-16-14(18)12-6-5-7-13(15)11(12)3/h5-7,10H,8-9,15H2,1-4H3,(H,16,18). The van der Waals surface area contributed by atoms with E-state index in [2.05, 4.69) is 24.1 Å². The summed E-state index contributed by atoms with van der Waals surface area (Å²) >= 11 is 0. The second-order valence-electron chi connectivity index (χ2n) is 4.85. The summed E-state index contributed by atoms with van der Waals surface area (Å²) in [6.45, 7) is 7.60. The lowest BCUT2D eigenvalue weighted by Crippen LogP contribution is -2.36. The van der Waals surface area contributed by atoms with E-state index in [-0.39, 0.29) is 5.91 Å². The zero-order valence-electron chi connectivity index (χ0n) is 11.7. The maximum Gasteiger partial charge on any atom is 0.251 e. The molecule has 0 bridgehead atoms. The van der Waals surface area contributed by atoms with Crippen molar-refractivity contribution in [2.24, 2.45) is 0 Å². The van der Waals surface area contributed by atoms with Gasteiger partial charge in [0.05, 0.1) is 0 Å². The molecule has 1 aromatic rings. The Labute approximate surface area is 109 Å². The number of nitrogen functional groups attached to an aromatic ring is 1. The highest BCUT2D eigenvalue weighted by atomic mass is 16.1. The summed E-state index contributed by atoms with van der Waals surface area (Å²) in [5.74, 6) is -0.0584. The van der Waals surface area contributed by atoms with Crippen molar-refractivity contribution in [3.8, 4) is 0 Å². The Balaban J connectivity index is 2.54. The molecule has 4 heteroatoms. The summed E-state index contributed by atoms with van der Waals surface area (Å²) in [6, 6.07) is 5.89. The molecular weight excluding hydrogens is 226 g/mol. The number of amides is 1. The van der Waals surface area contributed by atoms with Crippen molar-refractivity contribution in [1.29, 1.82) is 0 Å². The molecule has 1 rings (SSSR count). The van der Waals surface area contributed by atoms with Crippen LogP contribution in [0, 0.1) is 6.92 Å². The number of hydrogen-bond donors (Lipinski definition) is 2. The fourth-order valence-corrected chi connectivity index (χ4v) is 1.60. The molecule has 0 aromatic heterocycles. The highest BCUT2D eigenvalue weighted by Crippen LogP contribution is 2.14. The quantitative estimate of drug-likeness (QED) is 0.780. The average molecular weight is 249 g/mol. The van der Waals surface area contributed by atoms with Gasteiger partial charge in [0.2, 0.25) is 0 Å². The van der Waals surface area contributed by atoms with Gasteiger partial charge >= 0.3 is 0 Å². The van der Waals surface area contributed by atoms with Gasteiger partial charge in [0.15, 0.2) is 0 Å². The molecule has 0 fully saturated rings. The van der Waals surface area contributed by atoms with Gasteiger partial charge in [-0.3, -0.25) is 4.79 Å². The molecule has 18 heavy (non-hydrogen) atoms. The fourth-order valence-electron chi connectivity index (χ4n) is 1.60. The van der Waals surface area contributed by atoms with Crippen LogP contribution < -0.4 is 11.1 Å². The summed E-state index contributed by atoms with van der Waals surface area (Å²) in [5, 5.41) is 2.92. The Morgan fingerprint density at radius 1 is 1.44 bits per heavy atom. The van der Waals surface area contributed by atoms with Crippen LogP contribution in [0.3, 0.4) is 0 Å². The van der Waals surface area contributed by atoms with Gasteiger partial charge in [-0.05, 0) is 45.5 Å². The second kappa shape index (κ2) is 6.40. The van der Waals surface area contributed by atoms with E-state index in [1.165, 1.54) is 0 Å². The number of rotatable bonds is 5. The topological polar surface area (TPSA) is 58.4 Å². The minimum Gasteiger partial charge on any atom is -0.398 e. The summed E-state index contributed by atoms with van der Waals surface area (Å²) in [4.78, 5) is 14.2. The Morgan fingerprint density at radius 3 is 2.72 bits per heavy atom. The smallest absolute Gasteiger partial charge is 0.251 e. The van der Waals surface area contributed by atoms with E-state index in [0.29, 0.717) is 23.8 Å². The first-order valence-electron chi connectivity index (χ1n) is 6.27. The van der Waals surface area contributed by atoms with Gasteiger partial charge in [-0.2, -0.15) is 0 Å². The lowest BCUT2D eigenvalue weighted by molar-refractivity contribution is 0.0947. The first-order chi connectivity index (χ1) is 8.43. The van der Waals surface area contributed by atoms with Gasteiger partial charge in [0, 0.05) is 30.4 Å². The lowest BCUT2D eigenvalue weighted by atomic mass is 10.1. The molecule has 0 unspecified atom stereocenters. The summed E-state index contributed by atoms with van der Waals surface area (Å²) in [6.07, 6.45) is 0. The number of benzene rings is 1. The molecule has 0 heterocycles. The maximum atomic E-state index is 12.0. The predicted molar refractivity (Wildman–Crippen MR) is 75.7 cm³/mol. The molecule has 1 amide bonds. The monoisotopic (exact) mass is 249 g/mol. The highest BCUT2D eigenvalue weighted by Gasteiger charge is 2.10. The zero-order chi connectivity index (χ0) is 13.7. The van der Waals surface area contributed by atoms with Crippen molar-refractivity contribution in [2.75, 3.05) is 25.9 Å². The van der Waals surface area contributed by atoms with Crippen LogP contribution in [0.1, 0.15) is 29.8 Å². The molecule has 100 valence electrons. The van der Waals surface area contributed by atoms with Crippen molar-refractivity contribution < 1.29 is 4.79 Å². The Morgan fingerprint density at radius 2 is 2.11 bits per heavy atom. The molecule has 0 saturated heterocycles. The van der Waals surface area contributed by atoms with Crippen molar-refractivity contribution >= 4 is 11.6 Å². The SMILES string of the molecule is Cc1c(N)cccc1C(=O)NCCN(C)C(C)C. The molecular formula is C14H23N3O. The Kier molecular flexibility index (Phi) is 5.16. The van der Waals surface area contributed by atoms with Gasteiger partial charge in [0.1, 0.15) is 0 Å². The molecule has 0 aliphatic carbocycles. The van der Waals surface area contributed by atoms with Crippen LogP contribution >= 0.6 is 0 Å². The largest absolute Gasteiger partial charge is 0.398 e. The van der Waals surface area contributed by atoms with Crippen LogP contribution in [0.25, 0.3) is 0 Å². The summed E-state index contributed by atoms with van der Waals surface area (Å²) < 4.78 is 0. The van der Waals surface area contributed by atoms with Crippen LogP contribution in [0.2, 0.25) is 0 Å². The summed E-state index contributed by atoms with van der Waals surface area (Å²) in [7, 11) is 2.04. The number of nitrogens with one attached hydrogen (secondary N) is 1. The second-order valence-corrected chi connectivity index (χ2v) is 4.85. The number of anilines is 1. The van der Waals surface area contributed by atoms with E-state index >= 15 is 0 Å². The number of carbonyl (C=O) groups is 1. The molecule has 1 aromatic carbocycles. The highest BCUT2D eigenvalue weighted by molar-refractivity contribution is 5.96. The van der Waals surface area contributed by atoms with E-state index < -0.39 is 0 Å². The third kappa shape index (κ3) is 3.74. The Bertz CT molecular complexity index is 416. The van der Waals surface area contributed by atoms with Crippen molar-refractivity contribution in [1.82, 2.24) is 10.2 Å². The van der Waals surface area contributed by atoms with Crippen molar-refractivity contribution in [3.63, 3.8) is 0 Å². The number of nitrogens with zero attached hydrogens (tertiary/aromatic N) is 1. The number of nitrogens with two attached hydrogens (primary N) is 1. The molecule has 0 saturated carbocycles. The molecule has 4 nitrogen and oxygen atoms in total. The average Bonchev–Trinajstić information content (AvgIpc) is 2.32. The minimum atomic E-state index is -0.0584. The molecule has 0 spiro atoms. The predicted octanol–water partition coefficient (Wildman–Crippen LogP) is 1.65. The molecule has 0 aliphatic rings. The van der Waals surface area contributed by atoms with Crippen LogP contribution in [0.4, 0.5) is 5.69 Å². The van der Waals surface area contributed by atoms with Gasteiger partial charge in [-0.1, -0.05) is 6.07 Å². The van der Waals surface area contributed by atoms with Crippen LogP contribution in [-0.4, -0.2) is 37.0 Å². The number of likely N-dealkylation sites (N-methyl/N-ethyl adjacent to an activating group) is 1. The van der Waals surface area contributed by atoms with Gasteiger partial charge in [-0.15, -0.1) is 0 Å². The normalized spacial score (nSPS) is 11.0. The third-order valence-electron chi connectivity index (χ3n) is 3.25.